The van der Waals surface area contributed by atoms with Crippen molar-refractivity contribution in [1.29, 1.82) is 0 Å². The number of ether oxygens (including phenoxy) is 3. The lowest BCUT2D eigenvalue weighted by molar-refractivity contribution is -0.123. The van der Waals surface area contributed by atoms with E-state index in [1.165, 1.54) is 13.2 Å². The average molecular weight is 413 g/mol. The third-order valence-electron chi connectivity index (χ3n) is 4.18. The summed E-state index contributed by atoms with van der Waals surface area (Å²) in [5.41, 5.74) is 0.695. The van der Waals surface area contributed by atoms with Crippen molar-refractivity contribution in [2.45, 2.75) is 27.7 Å². The van der Waals surface area contributed by atoms with Crippen LogP contribution in [-0.4, -0.2) is 38.0 Å². The highest BCUT2D eigenvalue weighted by Gasteiger charge is 2.21. The first kappa shape index (κ1) is 22.9. The van der Waals surface area contributed by atoms with Crippen molar-refractivity contribution in [2.75, 3.05) is 25.6 Å². The van der Waals surface area contributed by atoms with Gasteiger partial charge in [0.1, 0.15) is 0 Å². The van der Waals surface area contributed by atoms with E-state index in [-0.39, 0.29) is 17.3 Å². The van der Waals surface area contributed by atoms with Crippen LogP contribution in [0.25, 0.3) is 0 Å². The van der Waals surface area contributed by atoms with Gasteiger partial charge < -0.3 is 19.5 Å². The molecule has 0 fully saturated rings. The molecule has 0 saturated carbocycles. The number of nitrogens with one attached hydrogen (secondary N) is 1. The van der Waals surface area contributed by atoms with Crippen LogP contribution < -0.4 is 14.8 Å². The monoisotopic (exact) mass is 413 g/mol. The third kappa shape index (κ3) is 6.07. The van der Waals surface area contributed by atoms with Gasteiger partial charge in [-0.1, -0.05) is 20.8 Å². The minimum Gasteiger partial charge on any atom is -0.493 e. The van der Waals surface area contributed by atoms with Gasteiger partial charge in [0.25, 0.3) is 0 Å². The second kappa shape index (κ2) is 9.91. The zero-order valence-electron chi connectivity index (χ0n) is 17.9. The maximum atomic E-state index is 12.3. The molecule has 160 valence electrons. The minimum atomic E-state index is -0.640. The summed E-state index contributed by atoms with van der Waals surface area (Å²) >= 11 is 0. The van der Waals surface area contributed by atoms with Gasteiger partial charge in [-0.15, -0.1) is 0 Å². The van der Waals surface area contributed by atoms with Gasteiger partial charge in [-0.05, 0) is 49.4 Å². The van der Waals surface area contributed by atoms with Gasteiger partial charge in [-0.25, -0.2) is 4.79 Å². The van der Waals surface area contributed by atoms with Gasteiger partial charge in [0, 0.05) is 16.7 Å². The highest BCUT2D eigenvalue weighted by atomic mass is 16.5. The number of hydrogen-bond donors (Lipinski definition) is 1. The van der Waals surface area contributed by atoms with Crippen LogP contribution >= 0.6 is 0 Å². The zero-order chi connectivity index (χ0) is 22.3. The molecule has 7 heteroatoms. The lowest BCUT2D eigenvalue weighted by atomic mass is 9.95. The quantitative estimate of drug-likeness (QED) is 0.517. The van der Waals surface area contributed by atoms with Crippen LogP contribution in [0, 0.1) is 5.41 Å². The van der Waals surface area contributed by atoms with E-state index >= 15 is 0 Å². The number of anilines is 1. The number of carbonyl (C=O) groups is 3. The van der Waals surface area contributed by atoms with Crippen molar-refractivity contribution >= 4 is 23.3 Å². The van der Waals surface area contributed by atoms with E-state index in [0.29, 0.717) is 29.4 Å². The molecule has 0 heterocycles. The Morgan fingerprint density at radius 2 is 1.57 bits per heavy atom. The number of ketones is 1. The second-order valence-corrected chi connectivity index (χ2v) is 7.58. The van der Waals surface area contributed by atoms with E-state index in [2.05, 4.69) is 5.32 Å². The Balaban J connectivity index is 1.97. The van der Waals surface area contributed by atoms with Gasteiger partial charge >= 0.3 is 5.97 Å². The standard InChI is InChI=1S/C23H27NO6/c1-6-29-19-12-9-16(13-20(19)28-5)21(26)30-14-18(25)15-7-10-17(11-8-15)24-22(27)23(2,3)4/h7-13H,6,14H2,1-5H3,(H,24,27). The maximum Gasteiger partial charge on any atom is 0.338 e. The molecule has 1 N–H and O–H groups in total. The summed E-state index contributed by atoms with van der Waals surface area (Å²) in [6.45, 7) is 7.35. The highest BCUT2D eigenvalue weighted by Crippen LogP contribution is 2.28. The van der Waals surface area contributed by atoms with E-state index in [1.54, 1.807) is 36.4 Å². The first-order chi connectivity index (χ1) is 14.2. The van der Waals surface area contributed by atoms with E-state index in [0.717, 1.165) is 0 Å². The van der Waals surface area contributed by atoms with Crippen LogP contribution in [0.3, 0.4) is 0 Å². The number of benzene rings is 2. The molecular formula is C23H27NO6. The van der Waals surface area contributed by atoms with Crippen molar-refractivity contribution in [3.63, 3.8) is 0 Å². The van der Waals surface area contributed by atoms with Crippen LogP contribution in [0.2, 0.25) is 0 Å². The fourth-order valence-electron chi connectivity index (χ4n) is 2.43. The average Bonchev–Trinajstić information content (AvgIpc) is 2.72. The summed E-state index contributed by atoms with van der Waals surface area (Å²) in [6, 6.07) is 11.1. The molecule has 30 heavy (non-hydrogen) atoms. The molecule has 2 aromatic rings. The topological polar surface area (TPSA) is 90.9 Å². The molecule has 0 atom stereocenters. The van der Waals surface area contributed by atoms with Crippen LogP contribution in [0.4, 0.5) is 5.69 Å². The van der Waals surface area contributed by atoms with E-state index < -0.39 is 18.0 Å². The number of hydrogen-bond acceptors (Lipinski definition) is 6. The number of rotatable bonds is 8. The molecule has 7 nitrogen and oxygen atoms in total. The molecule has 1 amide bonds. The lowest BCUT2D eigenvalue weighted by Gasteiger charge is -2.17. The first-order valence-electron chi connectivity index (χ1n) is 9.58. The molecule has 2 aromatic carbocycles. The van der Waals surface area contributed by atoms with E-state index in [9.17, 15) is 14.4 Å². The normalized spacial score (nSPS) is 10.8. The Kier molecular flexibility index (Phi) is 7.58. The first-order valence-corrected chi connectivity index (χ1v) is 9.58. The Morgan fingerprint density at radius 1 is 0.933 bits per heavy atom. The van der Waals surface area contributed by atoms with Crippen LogP contribution in [0.1, 0.15) is 48.4 Å². The van der Waals surface area contributed by atoms with Gasteiger partial charge in [-0.3, -0.25) is 9.59 Å². The van der Waals surface area contributed by atoms with Crippen molar-refractivity contribution < 1.29 is 28.6 Å². The van der Waals surface area contributed by atoms with Crippen LogP contribution in [0.15, 0.2) is 42.5 Å². The zero-order valence-corrected chi connectivity index (χ0v) is 17.9. The molecule has 0 bridgehead atoms. The molecule has 0 spiro atoms. The van der Waals surface area contributed by atoms with Gasteiger partial charge in [0.05, 0.1) is 19.3 Å². The minimum absolute atomic E-state index is 0.124. The Morgan fingerprint density at radius 3 is 2.13 bits per heavy atom. The van der Waals surface area contributed by atoms with E-state index in [4.69, 9.17) is 14.2 Å². The fraction of sp³-hybridized carbons (Fsp3) is 0.348. The van der Waals surface area contributed by atoms with Gasteiger partial charge in [0.2, 0.25) is 5.91 Å². The molecule has 0 aromatic heterocycles. The van der Waals surface area contributed by atoms with E-state index in [1.807, 2.05) is 27.7 Å². The second-order valence-electron chi connectivity index (χ2n) is 7.58. The molecule has 0 aliphatic carbocycles. The number of amides is 1. The summed E-state index contributed by atoms with van der Waals surface area (Å²) in [4.78, 5) is 36.6. The predicted octanol–water partition coefficient (Wildman–Crippen LogP) is 4.12. The molecule has 0 aliphatic heterocycles. The fourth-order valence-corrected chi connectivity index (χ4v) is 2.43. The Hall–Kier alpha value is -3.35. The summed E-state index contributed by atoms with van der Waals surface area (Å²) in [6.07, 6.45) is 0. The SMILES string of the molecule is CCOc1ccc(C(=O)OCC(=O)c2ccc(NC(=O)C(C)(C)C)cc2)cc1OC. The Bertz CT molecular complexity index is 912. The smallest absolute Gasteiger partial charge is 0.338 e. The summed E-state index contributed by atoms with van der Waals surface area (Å²) in [7, 11) is 1.48. The molecule has 0 radical (unpaired) electrons. The molecule has 0 saturated heterocycles. The third-order valence-corrected chi connectivity index (χ3v) is 4.18. The molecule has 0 aliphatic rings. The predicted molar refractivity (Wildman–Crippen MR) is 113 cm³/mol. The van der Waals surface area contributed by atoms with Crippen molar-refractivity contribution in [2.24, 2.45) is 5.41 Å². The van der Waals surface area contributed by atoms with Gasteiger partial charge in [-0.2, -0.15) is 0 Å². The number of carbonyl (C=O) groups excluding carboxylic acids is 3. The van der Waals surface area contributed by atoms with Crippen LogP contribution in [0.5, 0.6) is 11.5 Å². The summed E-state index contributed by atoms with van der Waals surface area (Å²) in [5.74, 6) is -0.188. The van der Waals surface area contributed by atoms with Gasteiger partial charge in [0.15, 0.2) is 23.9 Å². The number of esters is 1. The van der Waals surface area contributed by atoms with Crippen molar-refractivity contribution in [3.05, 3.63) is 53.6 Å². The summed E-state index contributed by atoms with van der Waals surface area (Å²) in [5, 5.41) is 2.79. The molecule has 2 rings (SSSR count). The Labute approximate surface area is 176 Å². The van der Waals surface area contributed by atoms with Crippen molar-refractivity contribution in [1.82, 2.24) is 0 Å². The van der Waals surface area contributed by atoms with Crippen LogP contribution in [-0.2, 0) is 9.53 Å². The lowest BCUT2D eigenvalue weighted by Crippen LogP contribution is -2.27. The summed E-state index contributed by atoms with van der Waals surface area (Å²) < 4.78 is 15.8. The maximum absolute atomic E-state index is 12.3. The highest BCUT2D eigenvalue weighted by molar-refractivity contribution is 6.00. The number of Topliss-reactive ketones (excluding diaryl/α,β-unsaturated/α-hetero) is 1. The molecular weight excluding hydrogens is 386 g/mol. The number of methoxy groups -OCH3 is 1. The van der Waals surface area contributed by atoms with Crippen molar-refractivity contribution in [3.8, 4) is 11.5 Å². The molecule has 0 unspecified atom stereocenters. The largest absolute Gasteiger partial charge is 0.493 e.